The van der Waals surface area contributed by atoms with E-state index in [9.17, 15) is 5.11 Å². The van der Waals surface area contributed by atoms with Gasteiger partial charge in [-0.15, -0.1) is 0 Å². The van der Waals surface area contributed by atoms with E-state index in [4.69, 9.17) is 0 Å². The number of rotatable bonds is 4. The minimum Gasteiger partial charge on any atom is -0.508 e. The zero-order valence-electron chi connectivity index (χ0n) is 10.4. The summed E-state index contributed by atoms with van der Waals surface area (Å²) in [5, 5.41) is 12.4. The normalized spacial score (nSPS) is 17.4. The van der Waals surface area contributed by atoms with Crippen LogP contribution in [0, 0.1) is 0 Å². The Labute approximate surface area is 103 Å². The minimum atomic E-state index is 0.335. The Balaban J connectivity index is 1.84. The molecule has 1 saturated heterocycles. The maximum absolute atomic E-state index is 9.26. The summed E-state index contributed by atoms with van der Waals surface area (Å²) in [6, 6.07) is 7.47. The molecular formula is C13H21N3O. The summed E-state index contributed by atoms with van der Waals surface area (Å²) in [6.07, 6.45) is 0. The number of phenols is 1. The van der Waals surface area contributed by atoms with Crippen LogP contribution in [0.4, 0.5) is 5.69 Å². The molecule has 0 aromatic heterocycles. The fraction of sp³-hybridized carbons (Fsp3) is 0.538. The van der Waals surface area contributed by atoms with Gasteiger partial charge in [0.15, 0.2) is 0 Å². The van der Waals surface area contributed by atoms with E-state index in [0.29, 0.717) is 5.75 Å². The summed E-state index contributed by atoms with van der Waals surface area (Å²) in [5.41, 5.74) is 1.20. The largest absolute Gasteiger partial charge is 0.508 e. The molecule has 0 saturated carbocycles. The van der Waals surface area contributed by atoms with Crippen LogP contribution in [0.25, 0.3) is 0 Å². The number of likely N-dealkylation sites (N-methyl/N-ethyl adjacent to an activating group) is 1. The van der Waals surface area contributed by atoms with Crippen LogP contribution in [0.2, 0.25) is 0 Å². The second kappa shape index (κ2) is 5.89. The van der Waals surface area contributed by atoms with E-state index in [-0.39, 0.29) is 0 Å². The van der Waals surface area contributed by atoms with Crippen molar-refractivity contribution in [2.24, 2.45) is 0 Å². The van der Waals surface area contributed by atoms with Crippen molar-refractivity contribution in [2.75, 3.05) is 51.2 Å². The zero-order valence-corrected chi connectivity index (χ0v) is 10.4. The topological polar surface area (TPSA) is 38.7 Å². The molecule has 0 aliphatic carbocycles. The van der Waals surface area contributed by atoms with Crippen LogP contribution in [0.1, 0.15) is 0 Å². The van der Waals surface area contributed by atoms with Crippen LogP contribution in [-0.4, -0.2) is 56.3 Å². The van der Waals surface area contributed by atoms with E-state index in [1.165, 1.54) is 5.69 Å². The predicted octanol–water partition coefficient (Wildman–Crippen LogP) is 0.734. The van der Waals surface area contributed by atoms with Crippen molar-refractivity contribution >= 4 is 5.69 Å². The number of aromatic hydroxyl groups is 1. The molecule has 1 aromatic rings. The summed E-state index contributed by atoms with van der Waals surface area (Å²) in [6.45, 7) is 6.53. The van der Waals surface area contributed by atoms with E-state index >= 15 is 0 Å². The summed E-state index contributed by atoms with van der Waals surface area (Å²) >= 11 is 0. The molecule has 0 atom stereocenters. The maximum atomic E-state index is 9.26. The van der Waals surface area contributed by atoms with Crippen LogP contribution in [0.15, 0.2) is 24.3 Å². The molecule has 4 nitrogen and oxygen atoms in total. The van der Waals surface area contributed by atoms with Gasteiger partial charge in [0.2, 0.25) is 0 Å². The lowest BCUT2D eigenvalue weighted by atomic mass is 10.2. The number of benzene rings is 1. The highest BCUT2D eigenvalue weighted by molar-refractivity contribution is 5.49. The number of hydrogen-bond acceptors (Lipinski definition) is 4. The van der Waals surface area contributed by atoms with Crippen LogP contribution in [0.5, 0.6) is 5.75 Å². The van der Waals surface area contributed by atoms with Gasteiger partial charge in [0.1, 0.15) is 5.75 Å². The predicted molar refractivity (Wildman–Crippen MR) is 70.7 cm³/mol. The van der Waals surface area contributed by atoms with Crippen LogP contribution >= 0.6 is 0 Å². The maximum Gasteiger partial charge on any atom is 0.115 e. The van der Waals surface area contributed by atoms with Crippen molar-refractivity contribution in [2.45, 2.75) is 0 Å². The smallest absolute Gasteiger partial charge is 0.115 e. The molecule has 1 aliphatic heterocycles. The third-order valence-corrected chi connectivity index (χ3v) is 3.27. The first-order chi connectivity index (χ1) is 8.29. The lowest BCUT2D eigenvalue weighted by molar-refractivity contribution is 0.260. The van der Waals surface area contributed by atoms with Crippen molar-refractivity contribution < 1.29 is 5.11 Å². The van der Waals surface area contributed by atoms with Crippen molar-refractivity contribution in [3.8, 4) is 5.75 Å². The highest BCUT2D eigenvalue weighted by Crippen LogP contribution is 2.19. The van der Waals surface area contributed by atoms with Gasteiger partial charge in [0.25, 0.3) is 0 Å². The Bertz CT molecular complexity index is 331. The molecule has 4 heteroatoms. The lowest BCUT2D eigenvalue weighted by Gasteiger charge is -2.36. The molecule has 1 fully saturated rings. The standard InChI is InChI=1S/C13H21N3O/c1-14-6-7-15-8-10-16(11-9-15)12-2-4-13(17)5-3-12/h2-5,14,17H,6-11H2,1H3. The summed E-state index contributed by atoms with van der Waals surface area (Å²) < 4.78 is 0. The van der Waals surface area contributed by atoms with Gasteiger partial charge in [-0.25, -0.2) is 0 Å². The quantitative estimate of drug-likeness (QED) is 0.807. The third-order valence-electron chi connectivity index (χ3n) is 3.27. The second-order valence-electron chi connectivity index (χ2n) is 4.45. The number of nitrogens with zero attached hydrogens (tertiary/aromatic N) is 2. The fourth-order valence-electron chi connectivity index (χ4n) is 2.16. The molecule has 1 aromatic carbocycles. The molecule has 0 radical (unpaired) electrons. The molecule has 0 amide bonds. The van der Waals surface area contributed by atoms with Crippen LogP contribution in [-0.2, 0) is 0 Å². The van der Waals surface area contributed by atoms with Gasteiger partial charge in [-0.3, -0.25) is 4.90 Å². The van der Waals surface area contributed by atoms with Gasteiger partial charge >= 0.3 is 0 Å². The van der Waals surface area contributed by atoms with Crippen LogP contribution < -0.4 is 10.2 Å². The SMILES string of the molecule is CNCCN1CCN(c2ccc(O)cc2)CC1. The second-order valence-corrected chi connectivity index (χ2v) is 4.45. The monoisotopic (exact) mass is 235 g/mol. The highest BCUT2D eigenvalue weighted by atomic mass is 16.3. The molecule has 1 heterocycles. The van der Waals surface area contributed by atoms with E-state index in [2.05, 4.69) is 15.1 Å². The van der Waals surface area contributed by atoms with Gasteiger partial charge in [-0.2, -0.15) is 0 Å². The summed E-state index contributed by atoms with van der Waals surface area (Å²) in [5.74, 6) is 0.335. The van der Waals surface area contributed by atoms with E-state index < -0.39 is 0 Å². The summed E-state index contributed by atoms with van der Waals surface area (Å²) in [7, 11) is 1.99. The van der Waals surface area contributed by atoms with E-state index in [1.807, 2.05) is 19.2 Å². The number of phenolic OH excluding ortho intramolecular Hbond substituents is 1. The number of hydrogen-bond donors (Lipinski definition) is 2. The molecule has 2 N–H and O–H groups in total. The molecule has 0 spiro atoms. The first-order valence-electron chi connectivity index (χ1n) is 6.20. The number of nitrogens with one attached hydrogen (secondary N) is 1. The Morgan fingerprint density at radius 2 is 1.76 bits per heavy atom. The molecular weight excluding hydrogens is 214 g/mol. The molecule has 2 rings (SSSR count). The van der Waals surface area contributed by atoms with Crippen molar-refractivity contribution in [3.05, 3.63) is 24.3 Å². The molecule has 94 valence electrons. The van der Waals surface area contributed by atoms with Gasteiger partial charge < -0.3 is 15.3 Å². The average molecular weight is 235 g/mol. The first-order valence-corrected chi connectivity index (χ1v) is 6.20. The molecule has 17 heavy (non-hydrogen) atoms. The molecule has 1 aliphatic rings. The zero-order chi connectivity index (χ0) is 12.1. The number of piperazine rings is 1. The fourth-order valence-corrected chi connectivity index (χ4v) is 2.16. The van der Waals surface area contributed by atoms with E-state index in [1.54, 1.807) is 12.1 Å². The van der Waals surface area contributed by atoms with Crippen LogP contribution in [0.3, 0.4) is 0 Å². The lowest BCUT2D eigenvalue weighted by Crippen LogP contribution is -2.47. The van der Waals surface area contributed by atoms with Gasteiger partial charge in [-0.1, -0.05) is 0 Å². The Hall–Kier alpha value is -1.26. The molecule has 0 unspecified atom stereocenters. The Kier molecular flexibility index (Phi) is 4.23. The number of anilines is 1. The molecule has 0 bridgehead atoms. The van der Waals surface area contributed by atoms with Crippen molar-refractivity contribution in [1.82, 2.24) is 10.2 Å². The van der Waals surface area contributed by atoms with Crippen molar-refractivity contribution in [3.63, 3.8) is 0 Å². The van der Waals surface area contributed by atoms with Crippen molar-refractivity contribution in [1.29, 1.82) is 0 Å². The first kappa shape index (κ1) is 12.2. The van der Waals surface area contributed by atoms with Gasteiger partial charge in [0, 0.05) is 45.0 Å². The third kappa shape index (κ3) is 3.35. The minimum absolute atomic E-state index is 0.335. The van der Waals surface area contributed by atoms with Gasteiger partial charge in [0.05, 0.1) is 0 Å². The van der Waals surface area contributed by atoms with E-state index in [0.717, 1.165) is 39.3 Å². The Morgan fingerprint density at radius 3 is 2.35 bits per heavy atom. The van der Waals surface area contributed by atoms with Gasteiger partial charge in [-0.05, 0) is 31.3 Å². The highest BCUT2D eigenvalue weighted by Gasteiger charge is 2.16. The Morgan fingerprint density at radius 1 is 1.12 bits per heavy atom. The summed E-state index contributed by atoms with van der Waals surface area (Å²) in [4.78, 5) is 4.85. The average Bonchev–Trinajstić information content (AvgIpc) is 2.38.